The SMILES string of the molecule is C/C(=C\c1ccc(Cl)cc1)C(=O)N1CCN(C=O)CC1. The quantitative estimate of drug-likeness (QED) is 0.632. The third kappa shape index (κ3) is 3.61. The van der Waals surface area contributed by atoms with E-state index in [2.05, 4.69) is 0 Å². The molecule has 0 atom stereocenters. The Hall–Kier alpha value is -1.81. The molecule has 20 heavy (non-hydrogen) atoms. The number of carbonyl (C=O) groups excluding carboxylic acids is 2. The highest BCUT2D eigenvalue weighted by Gasteiger charge is 2.20. The molecule has 2 rings (SSSR count). The van der Waals surface area contributed by atoms with Crippen LogP contribution in [0.2, 0.25) is 5.02 Å². The van der Waals surface area contributed by atoms with E-state index in [1.54, 1.807) is 21.9 Å². The minimum atomic E-state index is 0.0190. The third-order valence-corrected chi connectivity index (χ3v) is 3.59. The molecule has 0 N–H and O–H groups in total. The van der Waals surface area contributed by atoms with Crippen LogP contribution in [-0.4, -0.2) is 48.3 Å². The van der Waals surface area contributed by atoms with E-state index in [4.69, 9.17) is 11.6 Å². The summed E-state index contributed by atoms with van der Waals surface area (Å²) in [4.78, 5) is 26.4. The van der Waals surface area contributed by atoms with Crippen LogP contribution in [0.5, 0.6) is 0 Å². The minimum absolute atomic E-state index is 0.0190. The molecule has 0 aliphatic carbocycles. The highest BCUT2D eigenvalue weighted by Crippen LogP contribution is 2.14. The molecule has 0 bridgehead atoms. The number of benzene rings is 1. The lowest BCUT2D eigenvalue weighted by atomic mass is 10.1. The Kier molecular flexibility index (Phi) is 4.79. The van der Waals surface area contributed by atoms with Crippen molar-refractivity contribution in [1.82, 2.24) is 9.80 Å². The Labute approximate surface area is 123 Å². The topological polar surface area (TPSA) is 40.6 Å². The van der Waals surface area contributed by atoms with Gasteiger partial charge in [0.2, 0.25) is 12.3 Å². The Morgan fingerprint density at radius 1 is 1.15 bits per heavy atom. The first-order valence-corrected chi connectivity index (χ1v) is 6.90. The van der Waals surface area contributed by atoms with Gasteiger partial charge in [0.25, 0.3) is 0 Å². The summed E-state index contributed by atoms with van der Waals surface area (Å²) in [5.41, 5.74) is 1.64. The van der Waals surface area contributed by atoms with Crippen LogP contribution in [0.25, 0.3) is 6.08 Å². The van der Waals surface area contributed by atoms with E-state index in [1.807, 2.05) is 25.1 Å². The van der Waals surface area contributed by atoms with E-state index in [0.717, 1.165) is 12.0 Å². The second-order valence-electron chi connectivity index (χ2n) is 4.81. The molecule has 1 aliphatic rings. The normalized spacial score (nSPS) is 16.2. The van der Waals surface area contributed by atoms with Crippen molar-refractivity contribution in [2.45, 2.75) is 6.92 Å². The molecule has 1 fully saturated rings. The molecule has 0 aromatic heterocycles. The molecule has 106 valence electrons. The summed E-state index contributed by atoms with van der Waals surface area (Å²) < 4.78 is 0. The zero-order chi connectivity index (χ0) is 14.5. The molecular weight excluding hydrogens is 276 g/mol. The van der Waals surface area contributed by atoms with Crippen LogP contribution < -0.4 is 0 Å². The van der Waals surface area contributed by atoms with E-state index in [1.165, 1.54) is 0 Å². The lowest BCUT2D eigenvalue weighted by Gasteiger charge is -2.32. The van der Waals surface area contributed by atoms with Gasteiger partial charge >= 0.3 is 0 Å². The number of nitrogens with zero attached hydrogens (tertiary/aromatic N) is 2. The van der Waals surface area contributed by atoms with Crippen LogP contribution >= 0.6 is 11.6 Å². The lowest BCUT2D eigenvalue weighted by molar-refractivity contribution is -0.131. The van der Waals surface area contributed by atoms with Crippen molar-refractivity contribution in [3.63, 3.8) is 0 Å². The third-order valence-electron chi connectivity index (χ3n) is 3.34. The molecule has 0 unspecified atom stereocenters. The van der Waals surface area contributed by atoms with E-state index in [0.29, 0.717) is 36.8 Å². The van der Waals surface area contributed by atoms with Gasteiger partial charge in [-0.3, -0.25) is 9.59 Å². The van der Waals surface area contributed by atoms with E-state index < -0.39 is 0 Å². The summed E-state index contributed by atoms with van der Waals surface area (Å²) in [6.45, 7) is 4.18. The Balaban J connectivity index is 2.01. The fourth-order valence-electron chi connectivity index (χ4n) is 2.15. The van der Waals surface area contributed by atoms with Gasteiger partial charge in [-0.25, -0.2) is 0 Å². The molecule has 0 saturated carbocycles. The average molecular weight is 293 g/mol. The van der Waals surface area contributed by atoms with Gasteiger partial charge in [-0.2, -0.15) is 0 Å². The highest BCUT2D eigenvalue weighted by molar-refractivity contribution is 6.30. The lowest BCUT2D eigenvalue weighted by Crippen LogP contribution is -2.48. The van der Waals surface area contributed by atoms with Crippen molar-refractivity contribution in [2.24, 2.45) is 0 Å². The Morgan fingerprint density at radius 3 is 2.30 bits per heavy atom. The maximum Gasteiger partial charge on any atom is 0.249 e. The van der Waals surface area contributed by atoms with Crippen LogP contribution in [0.1, 0.15) is 12.5 Å². The molecule has 1 aliphatic heterocycles. The smallest absolute Gasteiger partial charge is 0.249 e. The predicted octanol–water partition coefficient (Wildman–Crippen LogP) is 2.04. The Morgan fingerprint density at radius 2 is 1.75 bits per heavy atom. The number of hydrogen-bond acceptors (Lipinski definition) is 2. The molecular formula is C15H17ClN2O2. The van der Waals surface area contributed by atoms with E-state index in [-0.39, 0.29) is 5.91 Å². The van der Waals surface area contributed by atoms with Gasteiger partial charge in [-0.05, 0) is 30.7 Å². The van der Waals surface area contributed by atoms with Crippen molar-refractivity contribution in [1.29, 1.82) is 0 Å². The molecule has 1 heterocycles. The van der Waals surface area contributed by atoms with E-state index in [9.17, 15) is 9.59 Å². The van der Waals surface area contributed by atoms with Gasteiger partial charge in [0, 0.05) is 36.8 Å². The van der Waals surface area contributed by atoms with Crippen LogP contribution in [0.15, 0.2) is 29.8 Å². The predicted molar refractivity (Wildman–Crippen MR) is 79.3 cm³/mol. The van der Waals surface area contributed by atoms with Gasteiger partial charge in [-0.1, -0.05) is 23.7 Å². The fourth-order valence-corrected chi connectivity index (χ4v) is 2.28. The molecule has 1 aromatic carbocycles. The van der Waals surface area contributed by atoms with E-state index >= 15 is 0 Å². The first-order chi connectivity index (χ1) is 9.60. The number of halogens is 1. The largest absolute Gasteiger partial charge is 0.342 e. The summed E-state index contributed by atoms with van der Waals surface area (Å²) in [6.07, 6.45) is 2.68. The summed E-state index contributed by atoms with van der Waals surface area (Å²) in [5, 5.41) is 0.677. The molecule has 0 radical (unpaired) electrons. The van der Waals surface area contributed by atoms with Crippen LogP contribution in [-0.2, 0) is 9.59 Å². The van der Waals surface area contributed by atoms with Crippen LogP contribution in [0.3, 0.4) is 0 Å². The van der Waals surface area contributed by atoms with Crippen LogP contribution in [0, 0.1) is 0 Å². The summed E-state index contributed by atoms with van der Waals surface area (Å²) in [6, 6.07) is 7.36. The maximum absolute atomic E-state index is 12.3. The fraction of sp³-hybridized carbons (Fsp3) is 0.333. The second-order valence-corrected chi connectivity index (χ2v) is 5.25. The van der Waals surface area contributed by atoms with Gasteiger partial charge in [-0.15, -0.1) is 0 Å². The number of hydrogen-bond donors (Lipinski definition) is 0. The number of carbonyl (C=O) groups is 2. The van der Waals surface area contributed by atoms with Crippen molar-refractivity contribution < 1.29 is 9.59 Å². The number of piperazine rings is 1. The minimum Gasteiger partial charge on any atom is -0.342 e. The molecule has 5 heteroatoms. The van der Waals surface area contributed by atoms with Crippen molar-refractivity contribution in [2.75, 3.05) is 26.2 Å². The zero-order valence-corrected chi connectivity index (χ0v) is 12.1. The Bertz CT molecular complexity index is 517. The molecule has 2 amide bonds. The standard InChI is InChI=1S/C15H17ClN2O2/c1-12(10-13-2-4-14(16)5-3-13)15(20)18-8-6-17(11-19)7-9-18/h2-5,10-11H,6-9H2,1H3/b12-10+. The van der Waals surface area contributed by atoms with Gasteiger partial charge in [0.05, 0.1) is 0 Å². The van der Waals surface area contributed by atoms with Crippen molar-refractivity contribution >= 4 is 30.0 Å². The summed E-state index contributed by atoms with van der Waals surface area (Å²) in [5.74, 6) is 0.0190. The average Bonchev–Trinajstić information content (AvgIpc) is 2.49. The molecule has 1 saturated heterocycles. The van der Waals surface area contributed by atoms with Crippen molar-refractivity contribution in [3.05, 3.63) is 40.4 Å². The monoisotopic (exact) mass is 292 g/mol. The molecule has 0 spiro atoms. The number of rotatable bonds is 3. The summed E-state index contributed by atoms with van der Waals surface area (Å²) in [7, 11) is 0. The van der Waals surface area contributed by atoms with Gasteiger partial charge < -0.3 is 9.80 Å². The second kappa shape index (κ2) is 6.57. The number of amides is 2. The van der Waals surface area contributed by atoms with Gasteiger partial charge in [0.15, 0.2) is 0 Å². The van der Waals surface area contributed by atoms with Crippen LogP contribution in [0.4, 0.5) is 0 Å². The molecule has 1 aromatic rings. The van der Waals surface area contributed by atoms with Gasteiger partial charge in [0.1, 0.15) is 0 Å². The maximum atomic E-state index is 12.3. The zero-order valence-electron chi connectivity index (χ0n) is 11.4. The van der Waals surface area contributed by atoms with Crippen molar-refractivity contribution in [3.8, 4) is 0 Å². The highest BCUT2D eigenvalue weighted by atomic mass is 35.5. The summed E-state index contributed by atoms with van der Waals surface area (Å²) >= 11 is 5.83. The first kappa shape index (κ1) is 14.6. The first-order valence-electron chi connectivity index (χ1n) is 6.52. The molecule has 4 nitrogen and oxygen atoms in total.